The highest BCUT2D eigenvalue weighted by Gasteiger charge is 2.02. The van der Waals surface area contributed by atoms with Gasteiger partial charge in [-0.25, -0.2) is 0 Å². The number of nitrogens with one attached hydrogen (secondary N) is 2. The summed E-state index contributed by atoms with van der Waals surface area (Å²) in [6.45, 7) is 5.44. The van der Waals surface area contributed by atoms with E-state index in [1.54, 1.807) is 0 Å². The van der Waals surface area contributed by atoms with Gasteiger partial charge in [-0.2, -0.15) is 11.8 Å². The van der Waals surface area contributed by atoms with Crippen molar-refractivity contribution in [1.82, 2.24) is 10.3 Å². The molecule has 1 unspecified atom stereocenters. The molecule has 1 aromatic heterocycles. The Balaban J connectivity index is 1.81. The van der Waals surface area contributed by atoms with Gasteiger partial charge in [0.15, 0.2) is 0 Å². The van der Waals surface area contributed by atoms with E-state index in [4.69, 9.17) is 0 Å². The molecule has 0 spiro atoms. The number of benzene rings is 1. The van der Waals surface area contributed by atoms with E-state index in [0.29, 0.717) is 6.04 Å². The number of hydrogen-bond donors (Lipinski definition) is 2. The normalized spacial score (nSPS) is 13.0. The van der Waals surface area contributed by atoms with Crippen LogP contribution in [0.4, 0.5) is 0 Å². The Hall–Kier alpha value is -0.930. The van der Waals surface area contributed by atoms with Crippen molar-refractivity contribution in [2.45, 2.75) is 32.9 Å². The van der Waals surface area contributed by atoms with Crippen LogP contribution in [0.5, 0.6) is 0 Å². The zero-order valence-corrected chi connectivity index (χ0v) is 12.0. The zero-order chi connectivity index (χ0) is 12.8. The lowest BCUT2D eigenvalue weighted by atomic mass is 10.1. The lowest BCUT2D eigenvalue weighted by Gasteiger charge is -2.13. The van der Waals surface area contributed by atoms with E-state index < -0.39 is 0 Å². The van der Waals surface area contributed by atoms with Crippen LogP contribution in [0, 0.1) is 0 Å². The summed E-state index contributed by atoms with van der Waals surface area (Å²) in [5.74, 6) is 2.47. The fourth-order valence-corrected chi connectivity index (χ4v) is 2.82. The molecule has 0 saturated carbocycles. The summed E-state index contributed by atoms with van der Waals surface area (Å²) >= 11 is 2.02. The second-order valence-electron chi connectivity index (χ2n) is 4.67. The minimum Gasteiger partial charge on any atom is -0.361 e. The molecule has 0 aliphatic carbocycles. The minimum atomic E-state index is 0.589. The Morgan fingerprint density at radius 3 is 3.06 bits per heavy atom. The lowest BCUT2D eigenvalue weighted by Crippen LogP contribution is -2.25. The van der Waals surface area contributed by atoms with Crippen LogP contribution in [0.25, 0.3) is 10.9 Å². The van der Waals surface area contributed by atoms with Crippen molar-refractivity contribution in [2.75, 3.05) is 11.5 Å². The average Bonchev–Trinajstić information content (AvgIpc) is 2.84. The summed E-state index contributed by atoms with van der Waals surface area (Å²) in [4.78, 5) is 3.22. The van der Waals surface area contributed by atoms with Gasteiger partial charge in [0.25, 0.3) is 0 Å². The summed E-state index contributed by atoms with van der Waals surface area (Å²) in [6.07, 6.45) is 3.23. The molecule has 2 rings (SSSR count). The Morgan fingerprint density at radius 1 is 1.33 bits per heavy atom. The summed E-state index contributed by atoms with van der Waals surface area (Å²) in [5, 5.41) is 4.89. The third-order valence-electron chi connectivity index (χ3n) is 3.17. The number of hydrogen-bond acceptors (Lipinski definition) is 2. The molecular formula is C15H22N2S. The van der Waals surface area contributed by atoms with Gasteiger partial charge in [-0.1, -0.05) is 13.0 Å². The standard InChI is InChI=1S/C15H22N2S/c1-3-18-9-7-12(2)17-11-13-4-5-15-14(10-13)6-8-16-15/h4-6,8,10,12,16-17H,3,7,9,11H2,1-2H3. The number of fused-ring (bicyclic) bond motifs is 1. The van der Waals surface area contributed by atoms with Gasteiger partial charge < -0.3 is 10.3 Å². The lowest BCUT2D eigenvalue weighted by molar-refractivity contribution is 0.537. The van der Waals surface area contributed by atoms with E-state index in [2.05, 4.69) is 48.4 Å². The maximum absolute atomic E-state index is 3.59. The maximum Gasteiger partial charge on any atom is 0.0454 e. The second-order valence-corrected chi connectivity index (χ2v) is 6.06. The molecule has 0 aliphatic rings. The van der Waals surface area contributed by atoms with E-state index >= 15 is 0 Å². The molecule has 3 heteroatoms. The molecule has 2 aromatic rings. The van der Waals surface area contributed by atoms with Crippen LogP contribution in [-0.4, -0.2) is 22.5 Å². The molecule has 0 amide bonds. The van der Waals surface area contributed by atoms with E-state index in [1.165, 1.54) is 34.4 Å². The molecule has 1 aromatic carbocycles. The first-order valence-electron chi connectivity index (χ1n) is 6.66. The number of aromatic amines is 1. The Labute approximate surface area is 114 Å². The molecular weight excluding hydrogens is 240 g/mol. The monoisotopic (exact) mass is 262 g/mol. The molecule has 0 saturated heterocycles. The number of H-pyrrole nitrogens is 1. The topological polar surface area (TPSA) is 27.8 Å². The van der Waals surface area contributed by atoms with Crippen molar-refractivity contribution in [3.05, 3.63) is 36.0 Å². The van der Waals surface area contributed by atoms with Crippen LogP contribution in [-0.2, 0) is 6.54 Å². The highest BCUT2D eigenvalue weighted by atomic mass is 32.2. The predicted molar refractivity (Wildman–Crippen MR) is 82.2 cm³/mol. The molecule has 2 N–H and O–H groups in total. The fourth-order valence-electron chi connectivity index (χ4n) is 2.01. The first-order valence-corrected chi connectivity index (χ1v) is 7.82. The van der Waals surface area contributed by atoms with Crippen molar-refractivity contribution in [1.29, 1.82) is 0 Å². The van der Waals surface area contributed by atoms with Gasteiger partial charge >= 0.3 is 0 Å². The molecule has 0 fully saturated rings. The molecule has 1 heterocycles. The van der Waals surface area contributed by atoms with Crippen LogP contribution in [0.15, 0.2) is 30.5 Å². The van der Waals surface area contributed by atoms with Crippen LogP contribution >= 0.6 is 11.8 Å². The van der Waals surface area contributed by atoms with Gasteiger partial charge in [0.05, 0.1) is 0 Å². The van der Waals surface area contributed by atoms with Crippen molar-refractivity contribution in [3.8, 4) is 0 Å². The van der Waals surface area contributed by atoms with Gasteiger partial charge in [-0.15, -0.1) is 0 Å². The third kappa shape index (κ3) is 3.79. The predicted octanol–water partition coefficient (Wildman–Crippen LogP) is 3.79. The van der Waals surface area contributed by atoms with Gasteiger partial charge in [0.1, 0.15) is 0 Å². The number of aromatic nitrogens is 1. The van der Waals surface area contributed by atoms with E-state index in [1.807, 2.05) is 18.0 Å². The van der Waals surface area contributed by atoms with Crippen molar-refractivity contribution >= 4 is 22.7 Å². The Kier molecular flexibility index (Phi) is 5.14. The highest BCUT2D eigenvalue weighted by molar-refractivity contribution is 7.99. The molecule has 2 nitrogen and oxygen atoms in total. The highest BCUT2D eigenvalue weighted by Crippen LogP contribution is 2.14. The first kappa shape index (κ1) is 13.5. The summed E-state index contributed by atoms with van der Waals surface area (Å²) in [7, 11) is 0. The SMILES string of the molecule is CCSCCC(C)NCc1ccc2[nH]ccc2c1. The van der Waals surface area contributed by atoms with Crippen molar-refractivity contribution in [2.24, 2.45) is 0 Å². The van der Waals surface area contributed by atoms with Gasteiger partial charge in [0, 0.05) is 24.3 Å². The zero-order valence-electron chi connectivity index (χ0n) is 11.2. The summed E-state index contributed by atoms with van der Waals surface area (Å²) in [5.41, 5.74) is 2.57. The maximum atomic E-state index is 3.59. The molecule has 1 atom stereocenters. The first-order chi connectivity index (χ1) is 8.79. The van der Waals surface area contributed by atoms with Crippen LogP contribution in [0.3, 0.4) is 0 Å². The molecule has 98 valence electrons. The van der Waals surface area contributed by atoms with Crippen LogP contribution in [0.2, 0.25) is 0 Å². The summed E-state index contributed by atoms with van der Waals surface area (Å²) in [6, 6.07) is 9.32. The summed E-state index contributed by atoms with van der Waals surface area (Å²) < 4.78 is 0. The smallest absolute Gasteiger partial charge is 0.0454 e. The van der Waals surface area contributed by atoms with Gasteiger partial charge in [0.2, 0.25) is 0 Å². The van der Waals surface area contributed by atoms with E-state index in [9.17, 15) is 0 Å². The average molecular weight is 262 g/mol. The van der Waals surface area contributed by atoms with Gasteiger partial charge in [-0.05, 0) is 54.0 Å². The fraction of sp³-hybridized carbons (Fsp3) is 0.467. The number of rotatable bonds is 7. The third-order valence-corrected chi connectivity index (χ3v) is 4.10. The molecule has 0 aliphatic heterocycles. The quantitative estimate of drug-likeness (QED) is 0.743. The van der Waals surface area contributed by atoms with Crippen LogP contribution in [0.1, 0.15) is 25.8 Å². The second kappa shape index (κ2) is 6.86. The van der Waals surface area contributed by atoms with Crippen molar-refractivity contribution in [3.63, 3.8) is 0 Å². The van der Waals surface area contributed by atoms with Crippen LogP contribution < -0.4 is 5.32 Å². The van der Waals surface area contributed by atoms with E-state index in [0.717, 1.165) is 6.54 Å². The van der Waals surface area contributed by atoms with Crippen molar-refractivity contribution < 1.29 is 0 Å². The Bertz CT molecular complexity index is 478. The minimum absolute atomic E-state index is 0.589. The number of thioether (sulfide) groups is 1. The molecule has 0 bridgehead atoms. The Morgan fingerprint density at radius 2 is 2.22 bits per heavy atom. The molecule has 18 heavy (non-hydrogen) atoms. The largest absolute Gasteiger partial charge is 0.361 e. The van der Waals surface area contributed by atoms with E-state index in [-0.39, 0.29) is 0 Å². The molecule has 0 radical (unpaired) electrons. The van der Waals surface area contributed by atoms with Gasteiger partial charge in [-0.3, -0.25) is 0 Å².